The van der Waals surface area contributed by atoms with Gasteiger partial charge in [0.1, 0.15) is 12.4 Å². The van der Waals surface area contributed by atoms with Crippen LogP contribution >= 0.6 is 27.5 Å². The molecule has 2 N–H and O–H groups in total. The second-order valence-electron chi connectivity index (χ2n) is 4.27. The Morgan fingerprint density at radius 2 is 2.05 bits per heavy atom. The number of hydrogen-bond donors (Lipinski definition) is 1. The largest absolute Gasteiger partial charge is 0.497 e. The van der Waals surface area contributed by atoms with Gasteiger partial charge in [-0.2, -0.15) is 0 Å². The summed E-state index contributed by atoms with van der Waals surface area (Å²) in [4.78, 5) is 12.0. The van der Waals surface area contributed by atoms with E-state index in [1.165, 1.54) is 6.07 Å². The highest BCUT2D eigenvalue weighted by molar-refractivity contribution is 9.10. The van der Waals surface area contributed by atoms with E-state index in [1.54, 1.807) is 25.3 Å². The number of nitrogens with two attached hydrogens (primary N) is 1. The molecular formula is C15H13BrClNO3. The van der Waals surface area contributed by atoms with Gasteiger partial charge in [-0.1, -0.05) is 27.5 Å². The third-order valence-corrected chi connectivity index (χ3v) is 3.91. The number of carbonyl (C=O) groups is 1. The van der Waals surface area contributed by atoms with Crippen LogP contribution in [-0.4, -0.2) is 13.1 Å². The minimum atomic E-state index is -0.505. The molecule has 0 spiro atoms. The van der Waals surface area contributed by atoms with Crippen molar-refractivity contribution in [3.8, 4) is 5.75 Å². The van der Waals surface area contributed by atoms with Crippen molar-refractivity contribution in [2.45, 2.75) is 6.61 Å². The maximum absolute atomic E-state index is 12.0. The lowest BCUT2D eigenvalue weighted by Gasteiger charge is -2.09. The van der Waals surface area contributed by atoms with Gasteiger partial charge < -0.3 is 15.2 Å². The summed E-state index contributed by atoms with van der Waals surface area (Å²) in [6.07, 6.45) is 0. The molecular weight excluding hydrogens is 358 g/mol. The zero-order valence-electron chi connectivity index (χ0n) is 11.2. The van der Waals surface area contributed by atoms with Gasteiger partial charge in [-0.25, -0.2) is 4.79 Å². The van der Waals surface area contributed by atoms with E-state index in [2.05, 4.69) is 15.9 Å². The molecule has 2 rings (SSSR count). The molecule has 0 unspecified atom stereocenters. The lowest BCUT2D eigenvalue weighted by molar-refractivity contribution is 0.0472. The Hall–Kier alpha value is -1.72. The van der Waals surface area contributed by atoms with E-state index in [-0.39, 0.29) is 17.2 Å². The van der Waals surface area contributed by atoms with Crippen molar-refractivity contribution < 1.29 is 14.3 Å². The average molecular weight is 371 g/mol. The quantitative estimate of drug-likeness (QED) is 0.651. The predicted molar refractivity (Wildman–Crippen MR) is 85.7 cm³/mol. The summed E-state index contributed by atoms with van der Waals surface area (Å²) in [7, 11) is 1.58. The van der Waals surface area contributed by atoms with E-state index in [9.17, 15) is 4.79 Å². The summed E-state index contributed by atoms with van der Waals surface area (Å²) < 4.78 is 11.2. The van der Waals surface area contributed by atoms with E-state index in [0.717, 1.165) is 10.0 Å². The van der Waals surface area contributed by atoms with Crippen molar-refractivity contribution in [2.75, 3.05) is 12.8 Å². The van der Waals surface area contributed by atoms with Crippen LogP contribution in [0.1, 0.15) is 15.9 Å². The Morgan fingerprint density at radius 3 is 2.71 bits per heavy atom. The molecule has 6 heteroatoms. The van der Waals surface area contributed by atoms with Crippen LogP contribution in [0.2, 0.25) is 5.02 Å². The Bertz CT molecular complexity index is 676. The number of benzene rings is 2. The summed E-state index contributed by atoms with van der Waals surface area (Å²) in [6, 6.07) is 10.1. The fourth-order valence-corrected chi connectivity index (χ4v) is 2.33. The van der Waals surface area contributed by atoms with Crippen molar-refractivity contribution in [3.63, 3.8) is 0 Å². The number of halogens is 2. The zero-order chi connectivity index (χ0) is 15.4. The molecule has 2 aromatic carbocycles. The summed E-state index contributed by atoms with van der Waals surface area (Å²) in [5.74, 6) is 0.185. The molecule has 0 radical (unpaired) electrons. The van der Waals surface area contributed by atoms with Gasteiger partial charge in [-0.15, -0.1) is 0 Å². The van der Waals surface area contributed by atoms with Crippen LogP contribution in [0.4, 0.5) is 5.69 Å². The number of rotatable bonds is 4. The molecule has 0 amide bonds. The average Bonchev–Trinajstić information content (AvgIpc) is 2.46. The molecule has 0 aliphatic rings. The Kier molecular flexibility index (Phi) is 5.09. The molecule has 0 saturated carbocycles. The van der Waals surface area contributed by atoms with Crippen molar-refractivity contribution in [2.24, 2.45) is 0 Å². The fraction of sp³-hybridized carbons (Fsp3) is 0.133. The Morgan fingerprint density at radius 1 is 1.29 bits per heavy atom. The van der Waals surface area contributed by atoms with Crippen LogP contribution in [0.25, 0.3) is 0 Å². The monoisotopic (exact) mass is 369 g/mol. The van der Waals surface area contributed by atoms with Crippen molar-refractivity contribution in [1.29, 1.82) is 0 Å². The van der Waals surface area contributed by atoms with E-state index in [1.807, 2.05) is 12.1 Å². The first-order valence-corrected chi connectivity index (χ1v) is 7.23. The number of methoxy groups -OCH3 is 1. The molecule has 0 aliphatic carbocycles. The fourth-order valence-electron chi connectivity index (χ4n) is 1.71. The second kappa shape index (κ2) is 6.83. The highest BCUT2D eigenvalue weighted by Gasteiger charge is 2.13. The molecule has 0 aromatic heterocycles. The van der Waals surface area contributed by atoms with E-state index >= 15 is 0 Å². The first-order valence-electron chi connectivity index (χ1n) is 6.06. The SMILES string of the molecule is COc1ccc(Br)c(COC(=O)c2ccc(N)cc2Cl)c1. The predicted octanol–water partition coefficient (Wildman–Crippen LogP) is 4.05. The minimum absolute atomic E-state index is 0.108. The van der Waals surface area contributed by atoms with Crippen molar-refractivity contribution in [1.82, 2.24) is 0 Å². The van der Waals surface area contributed by atoms with Crippen molar-refractivity contribution in [3.05, 3.63) is 57.0 Å². The van der Waals surface area contributed by atoms with Gasteiger partial charge in [0, 0.05) is 15.7 Å². The van der Waals surface area contributed by atoms with Gasteiger partial charge in [-0.05, 0) is 36.4 Å². The third-order valence-electron chi connectivity index (χ3n) is 2.82. The van der Waals surface area contributed by atoms with Crippen LogP contribution in [0.5, 0.6) is 5.75 Å². The van der Waals surface area contributed by atoms with E-state index < -0.39 is 5.97 Å². The molecule has 0 bridgehead atoms. The van der Waals surface area contributed by atoms with Crippen LogP contribution in [-0.2, 0) is 11.3 Å². The number of carbonyl (C=O) groups excluding carboxylic acids is 1. The lowest BCUT2D eigenvalue weighted by atomic mass is 10.2. The van der Waals surface area contributed by atoms with E-state index in [4.69, 9.17) is 26.8 Å². The van der Waals surface area contributed by atoms with Crippen LogP contribution in [0.3, 0.4) is 0 Å². The van der Waals surface area contributed by atoms with Crippen LogP contribution < -0.4 is 10.5 Å². The first kappa shape index (κ1) is 15.7. The molecule has 4 nitrogen and oxygen atoms in total. The number of ether oxygens (including phenoxy) is 2. The van der Waals surface area contributed by atoms with Crippen molar-refractivity contribution >= 4 is 39.2 Å². The van der Waals surface area contributed by atoms with Crippen LogP contribution in [0.15, 0.2) is 40.9 Å². The Labute approximate surface area is 135 Å². The number of nitrogen functional groups attached to an aromatic ring is 1. The maximum atomic E-state index is 12.0. The molecule has 0 aliphatic heterocycles. The number of esters is 1. The molecule has 21 heavy (non-hydrogen) atoms. The summed E-state index contributed by atoms with van der Waals surface area (Å²) in [5, 5.41) is 0.268. The third kappa shape index (κ3) is 3.89. The standard InChI is InChI=1S/C15H13BrClNO3/c1-20-11-3-5-13(16)9(6-11)8-21-15(19)12-4-2-10(18)7-14(12)17/h2-7H,8,18H2,1H3. The van der Waals surface area contributed by atoms with E-state index in [0.29, 0.717) is 11.4 Å². The van der Waals surface area contributed by atoms with Gasteiger partial charge in [0.25, 0.3) is 0 Å². The first-order chi connectivity index (χ1) is 10.0. The minimum Gasteiger partial charge on any atom is -0.497 e. The van der Waals surface area contributed by atoms with Gasteiger partial charge in [0.05, 0.1) is 17.7 Å². The topological polar surface area (TPSA) is 61.5 Å². The number of hydrogen-bond acceptors (Lipinski definition) is 4. The molecule has 110 valence electrons. The smallest absolute Gasteiger partial charge is 0.339 e. The summed E-state index contributed by atoms with van der Waals surface area (Å²) in [5.41, 5.74) is 7.16. The molecule has 2 aromatic rings. The van der Waals surface area contributed by atoms with Gasteiger partial charge in [0.2, 0.25) is 0 Å². The van der Waals surface area contributed by atoms with Crippen LogP contribution in [0, 0.1) is 0 Å². The van der Waals surface area contributed by atoms with Gasteiger partial charge in [-0.3, -0.25) is 0 Å². The molecule has 0 atom stereocenters. The highest BCUT2D eigenvalue weighted by atomic mass is 79.9. The second-order valence-corrected chi connectivity index (χ2v) is 5.53. The maximum Gasteiger partial charge on any atom is 0.339 e. The molecule has 0 saturated heterocycles. The van der Waals surface area contributed by atoms with Gasteiger partial charge in [0.15, 0.2) is 0 Å². The lowest BCUT2D eigenvalue weighted by Crippen LogP contribution is -2.06. The summed E-state index contributed by atoms with van der Waals surface area (Å²) in [6.45, 7) is 0.108. The zero-order valence-corrected chi connectivity index (χ0v) is 13.6. The normalized spacial score (nSPS) is 10.2. The molecule has 0 fully saturated rings. The summed E-state index contributed by atoms with van der Waals surface area (Å²) >= 11 is 9.38. The van der Waals surface area contributed by atoms with Gasteiger partial charge >= 0.3 is 5.97 Å². The highest BCUT2D eigenvalue weighted by Crippen LogP contribution is 2.24. The number of anilines is 1. The Balaban J connectivity index is 2.10. The molecule has 0 heterocycles.